The summed E-state index contributed by atoms with van der Waals surface area (Å²) in [5, 5.41) is 2.84. The monoisotopic (exact) mass is 413 g/mol. The van der Waals surface area contributed by atoms with Crippen LogP contribution in [0.25, 0.3) is 0 Å². The first-order chi connectivity index (χ1) is 14.4. The summed E-state index contributed by atoms with van der Waals surface area (Å²) < 4.78 is 32.9. The Morgan fingerprint density at radius 2 is 1.83 bits per heavy atom. The van der Waals surface area contributed by atoms with Gasteiger partial charge in [-0.2, -0.15) is 0 Å². The molecule has 0 aliphatic carbocycles. The Kier molecular flexibility index (Phi) is 7.30. The van der Waals surface area contributed by atoms with Crippen molar-refractivity contribution < 1.29 is 18.0 Å². The first kappa shape index (κ1) is 21.6. The molecule has 0 aliphatic rings. The third-order valence-corrected chi connectivity index (χ3v) is 4.80. The van der Waals surface area contributed by atoms with Crippen LogP contribution in [0.5, 0.6) is 0 Å². The van der Waals surface area contributed by atoms with Gasteiger partial charge in [0.25, 0.3) is 5.91 Å². The van der Waals surface area contributed by atoms with E-state index in [2.05, 4.69) is 10.3 Å². The van der Waals surface area contributed by atoms with E-state index >= 15 is 0 Å². The Bertz CT molecular complexity index is 973. The van der Waals surface area contributed by atoms with E-state index in [0.717, 1.165) is 12.0 Å². The van der Waals surface area contributed by atoms with Crippen LogP contribution in [0.3, 0.4) is 0 Å². The highest BCUT2D eigenvalue weighted by Crippen LogP contribution is 2.17. The van der Waals surface area contributed by atoms with E-state index in [1.54, 1.807) is 30.3 Å². The molecular weight excluding hydrogens is 388 g/mol. The summed E-state index contributed by atoms with van der Waals surface area (Å²) in [5.41, 5.74) is 1.60. The predicted octanol–water partition coefficient (Wildman–Crippen LogP) is 4.68. The van der Waals surface area contributed by atoms with Crippen molar-refractivity contribution in [2.24, 2.45) is 0 Å². The standard InChI is InChI=1S/C23H25F2N3O2/c1-3-16(2)26-23(29)21-15-30-22(27-21)14-28(12-17-8-10-19(24)11-9-17)13-18-6-4-5-7-20(18)25/h4-11,15-16H,3,12-14H2,1-2H3,(H,26,29)/t16-/m0/s1. The molecule has 0 saturated heterocycles. The van der Waals surface area contributed by atoms with Gasteiger partial charge >= 0.3 is 0 Å². The fourth-order valence-electron chi connectivity index (χ4n) is 2.96. The van der Waals surface area contributed by atoms with E-state index in [4.69, 9.17) is 4.42 Å². The van der Waals surface area contributed by atoms with E-state index in [1.165, 1.54) is 24.5 Å². The zero-order valence-corrected chi connectivity index (χ0v) is 17.1. The van der Waals surface area contributed by atoms with E-state index < -0.39 is 0 Å². The predicted molar refractivity (Wildman–Crippen MR) is 109 cm³/mol. The van der Waals surface area contributed by atoms with Gasteiger partial charge in [0.15, 0.2) is 5.69 Å². The number of hydrogen-bond acceptors (Lipinski definition) is 4. The molecule has 0 bridgehead atoms. The zero-order chi connectivity index (χ0) is 21.5. The molecule has 1 aromatic heterocycles. The number of nitrogens with one attached hydrogen (secondary N) is 1. The maximum atomic E-state index is 14.2. The molecule has 158 valence electrons. The van der Waals surface area contributed by atoms with Crippen LogP contribution >= 0.6 is 0 Å². The Labute approximate surface area is 174 Å². The molecule has 0 fully saturated rings. The largest absolute Gasteiger partial charge is 0.447 e. The van der Waals surface area contributed by atoms with Crippen LogP contribution in [0.2, 0.25) is 0 Å². The summed E-state index contributed by atoms with van der Waals surface area (Å²) in [7, 11) is 0. The number of aromatic nitrogens is 1. The molecule has 1 heterocycles. The SMILES string of the molecule is CC[C@H](C)NC(=O)c1coc(CN(Cc2ccc(F)cc2)Cc2ccccc2F)n1. The Morgan fingerprint density at radius 3 is 2.53 bits per heavy atom. The van der Waals surface area contributed by atoms with Crippen LogP contribution in [0, 0.1) is 11.6 Å². The number of carbonyl (C=O) groups excluding carboxylic acids is 1. The molecule has 2 aromatic carbocycles. The number of oxazole rings is 1. The molecule has 5 nitrogen and oxygen atoms in total. The van der Waals surface area contributed by atoms with Gasteiger partial charge < -0.3 is 9.73 Å². The van der Waals surface area contributed by atoms with Crippen molar-refractivity contribution in [3.63, 3.8) is 0 Å². The van der Waals surface area contributed by atoms with Crippen molar-refractivity contribution in [2.75, 3.05) is 0 Å². The molecule has 0 saturated carbocycles. The average molecular weight is 413 g/mol. The highest BCUT2D eigenvalue weighted by atomic mass is 19.1. The molecule has 30 heavy (non-hydrogen) atoms. The van der Waals surface area contributed by atoms with E-state index in [-0.39, 0.29) is 35.8 Å². The normalized spacial score (nSPS) is 12.2. The third kappa shape index (κ3) is 5.97. The zero-order valence-electron chi connectivity index (χ0n) is 17.1. The van der Waals surface area contributed by atoms with Crippen molar-refractivity contribution in [2.45, 2.75) is 45.9 Å². The molecule has 0 aliphatic heterocycles. The van der Waals surface area contributed by atoms with Gasteiger partial charge in [-0.15, -0.1) is 0 Å². The second-order valence-corrected chi connectivity index (χ2v) is 7.27. The molecule has 1 N–H and O–H groups in total. The van der Waals surface area contributed by atoms with Crippen molar-refractivity contribution in [3.8, 4) is 0 Å². The number of carbonyl (C=O) groups is 1. The van der Waals surface area contributed by atoms with Crippen molar-refractivity contribution in [1.29, 1.82) is 0 Å². The van der Waals surface area contributed by atoms with Gasteiger partial charge in [0.2, 0.25) is 5.89 Å². The van der Waals surface area contributed by atoms with Gasteiger partial charge in [0.05, 0.1) is 6.54 Å². The van der Waals surface area contributed by atoms with Crippen LogP contribution in [0.1, 0.15) is 47.8 Å². The summed E-state index contributed by atoms with van der Waals surface area (Å²) in [6.07, 6.45) is 2.14. The number of hydrogen-bond donors (Lipinski definition) is 1. The number of nitrogens with zero attached hydrogens (tertiary/aromatic N) is 2. The maximum Gasteiger partial charge on any atom is 0.273 e. The van der Waals surface area contributed by atoms with Gasteiger partial charge in [-0.05, 0) is 37.1 Å². The van der Waals surface area contributed by atoms with Gasteiger partial charge in [0, 0.05) is 24.7 Å². The van der Waals surface area contributed by atoms with E-state index in [9.17, 15) is 13.6 Å². The van der Waals surface area contributed by atoms with Crippen LogP contribution in [0.4, 0.5) is 8.78 Å². The molecule has 0 unspecified atom stereocenters. The quantitative estimate of drug-likeness (QED) is 0.553. The van der Waals surface area contributed by atoms with E-state index in [1.807, 2.05) is 18.7 Å². The van der Waals surface area contributed by atoms with Crippen LogP contribution in [-0.2, 0) is 19.6 Å². The molecule has 3 rings (SSSR count). The Balaban J connectivity index is 1.75. The second kappa shape index (κ2) is 10.1. The molecule has 1 amide bonds. The van der Waals surface area contributed by atoms with Gasteiger partial charge in [-0.25, -0.2) is 13.8 Å². The molecule has 0 radical (unpaired) electrons. The van der Waals surface area contributed by atoms with Crippen molar-refractivity contribution >= 4 is 5.91 Å². The average Bonchev–Trinajstić information content (AvgIpc) is 3.20. The first-order valence-corrected chi connectivity index (χ1v) is 9.90. The van der Waals surface area contributed by atoms with Crippen molar-refractivity contribution in [3.05, 3.63) is 89.1 Å². The van der Waals surface area contributed by atoms with Gasteiger partial charge in [0.1, 0.15) is 17.9 Å². The number of rotatable bonds is 9. The first-order valence-electron chi connectivity index (χ1n) is 9.90. The summed E-state index contributed by atoms with van der Waals surface area (Å²) >= 11 is 0. The van der Waals surface area contributed by atoms with Crippen molar-refractivity contribution in [1.82, 2.24) is 15.2 Å². The van der Waals surface area contributed by atoms with Gasteiger partial charge in [-0.1, -0.05) is 37.3 Å². The minimum atomic E-state index is -0.316. The molecule has 0 spiro atoms. The second-order valence-electron chi connectivity index (χ2n) is 7.27. The van der Waals surface area contributed by atoms with Crippen LogP contribution in [0.15, 0.2) is 59.2 Å². The third-order valence-electron chi connectivity index (χ3n) is 4.80. The molecule has 1 atom stereocenters. The summed E-state index contributed by atoms with van der Waals surface area (Å²) in [6, 6.07) is 12.7. The molecule has 3 aromatic rings. The molecule has 7 heteroatoms. The Morgan fingerprint density at radius 1 is 1.10 bits per heavy atom. The van der Waals surface area contributed by atoms with Gasteiger partial charge in [-0.3, -0.25) is 9.69 Å². The molecular formula is C23H25F2N3O2. The highest BCUT2D eigenvalue weighted by Gasteiger charge is 2.17. The van der Waals surface area contributed by atoms with Crippen LogP contribution < -0.4 is 5.32 Å². The minimum Gasteiger partial charge on any atom is -0.447 e. The lowest BCUT2D eigenvalue weighted by atomic mass is 10.1. The van der Waals surface area contributed by atoms with E-state index in [0.29, 0.717) is 24.5 Å². The number of benzene rings is 2. The lowest BCUT2D eigenvalue weighted by Crippen LogP contribution is -2.32. The fourth-order valence-corrected chi connectivity index (χ4v) is 2.96. The summed E-state index contributed by atoms with van der Waals surface area (Å²) in [6.45, 7) is 4.90. The smallest absolute Gasteiger partial charge is 0.273 e. The minimum absolute atomic E-state index is 0.0358. The highest BCUT2D eigenvalue weighted by molar-refractivity contribution is 5.92. The topological polar surface area (TPSA) is 58.4 Å². The lowest BCUT2D eigenvalue weighted by molar-refractivity contribution is 0.0934. The number of halogens is 2. The Hall–Kier alpha value is -3.06. The van der Waals surface area contributed by atoms with Crippen LogP contribution in [-0.4, -0.2) is 21.8 Å². The lowest BCUT2D eigenvalue weighted by Gasteiger charge is -2.21. The number of amides is 1. The summed E-state index contributed by atoms with van der Waals surface area (Å²) in [5.74, 6) is -0.562. The summed E-state index contributed by atoms with van der Waals surface area (Å²) in [4.78, 5) is 18.4. The fraction of sp³-hybridized carbons (Fsp3) is 0.304. The maximum absolute atomic E-state index is 14.2.